The zero-order chi connectivity index (χ0) is 16.0. The molecule has 118 valence electrons. The van der Waals surface area contributed by atoms with Crippen molar-refractivity contribution < 1.29 is 9.90 Å². The van der Waals surface area contributed by atoms with Gasteiger partial charge in [-0.05, 0) is 34.6 Å². The van der Waals surface area contributed by atoms with Gasteiger partial charge in [0.1, 0.15) is 0 Å². The van der Waals surface area contributed by atoms with Crippen LogP contribution >= 0.6 is 0 Å². The zero-order valence-electron chi connectivity index (χ0n) is 13.3. The van der Waals surface area contributed by atoms with Crippen LogP contribution in [0.4, 0.5) is 0 Å². The van der Waals surface area contributed by atoms with Gasteiger partial charge in [0.25, 0.3) is 0 Å². The van der Waals surface area contributed by atoms with Crippen molar-refractivity contribution in [3.8, 4) is 11.1 Å². The summed E-state index contributed by atoms with van der Waals surface area (Å²) in [4.78, 5) is 13.9. The number of hydrogen-bond acceptors (Lipinski definition) is 2. The fourth-order valence-corrected chi connectivity index (χ4v) is 4.30. The fourth-order valence-electron chi connectivity index (χ4n) is 4.30. The van der Waals surface area contributed by atoms with E-state index in [1.165, 1.54) is 22.3 Å². The summed E-state index contributed by atoms with van der Waals surface area (Å²) in [7, 11) is 0. The van der Waals surface area contributed by atoms with Gasteiger partial charge in [-0.2, -0.15) is 0 Å². The third-order valence-corrected chi connectivity index (χ3v) is 5.20. The van der Waals surface area contributed by atoms with Crippen molar-refractivity contribution in [3.63, 3.8) is 0 Å². The number of piperidine rings is 1. The van der Waals surface area contributed by atoms with E-state index in [0.717, 1.165) is 13.0 Å². The highest BCUT2D eigenvalue weighted by atomic mass is 16.4. The lowest BCUT2D eigenvalue weighted by atomic mass is 9.88. The van der Waals surface area contributed by atoms with Gasteiger partial charge in [0.2, 0.25) is 0 Å². The third-order valence-electron chi connectivity index (χ3n) is 5.20. The molecule has 2 aliphatic rings. The van der Waals surface area contributed by atoms with Crippen LogP contribution in [0.15, 0.2) is 48.5 Å². The van der Waals surface area contributed by atoms with Crippen LogP contribution in [0.1, 0.15) is 30.5 Å². The number of carbonyl (C=O) groups is 1. The molecule has 23 heavy (non-hydrogen) atoms. The lowest BCUT2D eigenvalue weighted by molar-refractivity contribution is -0.144. The molecular formula is C20H21NO2. The molecule has 1 aliphatic carbocycles. The number of carboxylic acids is 1. The minimum atomic E-state index is -0.666. The topological polar surface area (TPSA) is 40.5 Å². The van der Waals surface area contributed by atoms with E-state index in [4.69, 9.17) is 0 Å². The van der Waals surface area contributed by atoms with Crippen LogP contribution in [-0.4, -0.2) is 29.1 Å². The standard InChI is InChI=1S/C20H21NO2/c1-13-10-14(20(22)23)12-21(11-13)19-17-8-4-2-6-15(17)16-7-3-5-9-18(16)19/h2-9,13-14,19H,10-12H2,1H3,(H,22,23). The average Bonchev–Trinajstić information content (AvgIpc) is 2.89. The molecule has 0 aromatic heterocycles. The molecule has 1 heterocycles. The molecule has 0 saturated carbocycles. The first-order chi connectivity index (χ1) is 11.1. The lowest BCUT2D eigenvalue weighted by Crippen LogP contribution is -2.44. The molecule has 2 unspecified atom stereocenters. The third kappa shape index (κ3) is 2.36. The monoisotopic (exact) mass is 307 g/mol. The molecule has 0 amide bonds. The van der Waals surface area contributed by atoms with Crippen molar-refractivity contribution in [2.45, 2.75) is 19.4 Å². The first kappa shape index (κ1) is 14.5. The molecule has 3 heteroatoms. The maximum absolute atomic E-state index is 11.5. The number of rotatable bonds is 2. The second-order valence-corrected chi connectivity index (χ2v) is 6.91. The minimum Gasteiger partial charge on any atom is -0.481 e. The Balaban J connectivity index is 1.78. The Morgan fingerprint density at radius 2 is 1.57 bits per heavy atom. The van der Waals surface area contributed by atoms with Crippen molar-refractivity contribution >= 4 is 5.97 Å². The van der Waals surface area contributed by atoms with Crippen LogP contribution in [0, 0.1) is 11.8 Å². The van der Waals surface area contributed by atoms with Gasteiger partial charge in [0, 0.05) is 13.1 Å². The van der Waals surface area contributed by atoms with Crippen LogP contribution in [0.2, 0.25) is 0 Å². The summed E-state index contributed by atoms with van der Waals surface area (Å²) in [5.41, 5.74) is 5.20. The quantitative estimate of drug-likeness (QED) is 0.917. The van der Waals surface area contributed by atoms with Gasteiger partial charge in [0.05, 0.1) is 12.0 Å². The van der Waals surface area contributed by atoms with Crippen molar-refractivity contribution in [1.82, 2.24) is 4.90 Å². The summed E-state index contributed by atoms with van der Waals surface area (Å²) >= 11 is 0. The molecule has 1 saturated heterocycles. The van der Waals surface area contributed by atoms with Gasteiger partial charge >= 0.3 is 5.97 Å². The molecule has 1 aliphatic heterocycles. The van der Waals surface area contributed by atoms with E-state index >= 15 is 0 Å². The molecule has 3 nitrogen and oxygen atoms in total. The van der Waals surface area contributed by atoms with Gasteiger partial charge in [-0.25, -0.2) is 0 Å². The summed E-state index contributed by atoms with van der Waals surface area (Å²) in [6.07, 6.45) is 0.780. The molecular weight excluding hydrogens is 286 g/mol. The Morgan fingerprint density at radius 3 is 2.13 bits per heavy atom. The van der Waals surface area contributed by atoms with Crippen LogP contribution < -0.4 is 0 Å². The van der Waals surface area contributed by atoms with Crippen LogP contribution in [0.25, 0.3) is 11.1 Å². The number of likely N-dealkylation sites (tertiary alicyclic amines) is 1. The van der Waals surface area contributed by atoms with E-state index in [1.807, 2.05) is 0 Å². The van der Waals surface area contributed by atoms with Crippen molar-refractivity contribution in [2.75, 3.05) is 13.1 Å². The molecule has 2 aromatic carbocycles. The van der Waals surface area contributed by atoms with E-state index in [9.17, 15) is 9.90 Å². The Labute approximate surface area is 136 Å². The van der Waals surface area contributed by atoms with Gasteiger partial charge in [0.15, 0.2) is 0 Å². The average molecular weight is 307 g/mol. The SMILES string of the molecule is CC1CC(C(=O)O)CN(C2c3ccccc3-c3ccccc32)C1. The maximum atomic E-state index is 11.5. The highest BCUT2D eigenvalue weighted by Gasteiger charge is 2.38. The largest absolute Gasteiger partial charge is 0.481 e. The Bertz CT molecular complexity index is 709. The van der Waals surface area contributed by atoms with Crippen LogP contribution in [0.5, 0.6) is 0 Å². The number of benzene rings is 2. The summed E-state index contributed by atoms with van der Waals surface area (Å²) in [5, 5.41) is 9.48. The molecule has 2 atom stereocenters. The first-order valence-electron chi connectivity index (χ1n) is 8.30. The first-order valence-corrected chi connectivity index (χ1v) is 8.30. The lowest BCUT2D eigenvalue weighted by Gasteiger charge is -2.39. The van der Waals surface area contributed by atoms with Gasteiger partial charge < -0.3 is 5.11 Å². The van der Waals surface area contributed by atoms with E-state index in [1.54, 1.807) is 0 Å². The number of carboxylic acid groups (broad SMARTS) is 1. The molecule has 0 bridgehead atoms. The smallest absolute Gasteiger partial charge is 0.307 e. The molecule has 1 N–H and O–H groups in total. The van der Waals surface area contributed by atoms with Crippen molar-refractivity contribution in [1.29, 1.82) is 0 Å². The number of nitrogens with zero attached hydrogens (tertiary/aromatic N) is 1. The Kier molecular flexibility index (Phi) is 3.46. The highest BCUT2D eigenvalue weighted by Crippen LogP contribution is 2.47. The predicted octanol–water partition coefficient (Wildman–Crippen LogP) is 3.80. The Hall–Kier alpha value is -2.13. The molecule has 0 radical (unpaired) electrons. The number of hydrogen-bond donors (Lipinski definition) is 1. The molecule has 4 rings (SSSR count). The zero-order valence-corrected chi connectivity index (χ0v) is 13.3. The Morgan fingerprint density at radius 1 is 1.00 bits per heavy atom. The maximum Gasteiger partial charge on any atom is 0.307 e. The van der Waals surface area contributed by atoms with E-state index in [-0.39, 0.29) is 12.0 Å². The molecule has 2 aromatic rings. The summed E-state index contributed by atoms with van der Waals surface area (Å²) < 4.78 is 0. The normalized spacial score (nSPS) is 24.2. The second kappa shape index (κ2) is 5.50. The molecule has 1 fully saturated rings. The van der Waals surface area contributed by atoms with E-state index in [0.29, 0.717) is 12.5 Å². The van der Waals surface area contributed by atoms with E-state index in [2.05, 4.69) is 60.4 Å². The summed E-state index contributed by atoms with van der Waals surface area (Å²) in [5.74, 6) is -0.524. The predicted molar refractivity (Wildman–Crippen MR) is 90.2 cm³/mol. The van der Waals surface area contributed by atoms with Gasteiger partial charge in [-0.3, -0.25) is 9.69 Å². The minimum absolute atomic E-state index is 0.187. The summed E-state index contributed by atoms with van der Waals surface area (Å²) in [6, 6.07) is 17.2. The van der Waals surface area contributed by atoms with Crippen LogP contribution in [0.3, 0.4) is 0 Å². The fraction of sp³-hybridized carbons (Fsp3) is 0.350. The summed E-state index contributed by atoms with van der Waals surface area (Å²) in [6.45, 7) is 3.75. The van der Waals surface area contributed by atoms with Crippen molar-refractivity contribution in [2.24, 2.45) is 11.8 Å². The van der Waals surface area contributed by atoms with Crippen molar-refractivity contribution in [3.05, 3.63) is 59.7 Å². The van der Waals surface area contributed by atoms with Crippen LogP contribution in [-0.2, 0) is 4.79 Å². The van der Waals surface area contributed by atoms with Gasteiger partial charge in [-0.1, -0.05) is 55.5 Å². The van der Waals surface area contributed by atoms with E-state index < -0.39 is 5.97 Å². The second-order valence-electron chi connectivity index (χ2n) is 6.91. The highest BCUT2D eigenvalue weighted by molar-refractivity contribution is 5.78. The molecule has 0 spiro atoms. The number of fused-ring (bicyclic) bond motifs is 3. The van der Waals surface area contributed by atoms with Gasteiger partial charge in [-0.15, -0.1) is 0 Å². The number of aliphatic carboxylic acids is 1.